The summed E-state index contributed by atoms with van der Waals surface area (Å²) in [5, 5.41) is 0. The molecule has 1 fully saturated rings. The smallest absolute Gasteiger partial charge is 0.227 e. The van der Waals surface area contributed by atoms with Crippen molar-refractivity contribution in [3.05, 3.63) is 72.6 Å². The average Bonchev–Trinajstić information content (AvgIpc) is 3.29. The van der Waals surface area contributed by atoms with Crippen LogP contribution in [0.4, 0.5) is 0 Å². The van der Waals surface area contributed by atoms with E-state index >= 15 is 0 Å². The normalized spacial score (nSPS) is 14.5. The second-order valence-electron chi connectivity index (χ2n) is 7.79. The number of piperazine rings is 1. The van der Waals surface area contributed by atoms with Gasteiger partial charge in [-0.15, -0.1) is 0 Å². The molecule has 1 amide bonds. The summed E-state index contributed by atoms with van der Waals surface area (Å²) in [6.07, 6.45) is 4.35. The Hall–Kier alpha value is -3.12. The van der Waals surface area contributed by atoms with Crippen molar-refractivity contribution in [2.24, 2.45) is 0 Å². The number of rotatable bonds is 8. The van der Waals surface area contributed by atoms with Gasteiger partial charge >= 0.3 is 0 Å². The van der Waals surface area contributed by atoms with E-state index in [0.717, 1.165) is 62.0 Å². The molecule has 0 bridgehead atoms. The Balaban J connectivity index is 1.24. The quantitative estimate of drug-likeness (QED) is 0.563. The largest absolute Gasteiger partial charge is 0.494 e. The Morgan fingerprint density at radius 2 is 1.71 bits per heavy atom. The Morgan fingerprint density at radius 1 is 0.968 bits per heavy atom. The summed E-state index contributed by atoms with van der Waals surface area (Å²) in [5.41, 5.74) is 2.17. The van der Waals surface area contributed by atoms with Crippen LogP contribution >= 0.6 is 0 Å². The fraction of sp³-hybridized carbons (Fsp3) is 0.360. The summed E-state index contributed by atoms with van der Waals surface area (Å²) in [6.45, 7) is 7.85. The maximum absolute atomic E-state index is 12.7. The molecule has 2 aromatic carbocycles. The van der Waals surface area contributed by atoms with Crippen LogP contribution in [0.2, 0.25) is 0 Å². The Kier molecular flexibility index (Phi) is 6.99. The number of carbonyl (C=O) groups excluding carboxylic acids is 1. The van der Waals surface area contributed by atoms with Crippen molar-refractivity contribution in [3.63, 3.8) is 0 Å². The predicted molar refractivity (Wildman–Crippen MR) is 122 cm³/mol. The van der Waals surface area contributed by atoms with Gasteiger partial charge in [0.2, 0.25) is 5.91 Å². The number of hydrogen-bond donors (Lipinski definition) is 0. The summed E-state index contributed by atoms with van der Waals surface area (Å²) in [4.78, 5) is 21.6. The summed E-state index contributed by atoms with van der Waals surface area (Å²) in [5.74, 6) is 2.05. The van der Waals surface area contributed by atoms with Crippen molar-refractivity contribution in [2.45, 2.75) is 19.9 Å². The molecule has 0 atom stereocenters. The molecule has 0 N–H and O–H groups in total. The van der Waals surface area contributed by atoms with Crippen LogP contribution in [-0.2, 0) is 17.8 Å². The number of hydrogen-bond acceptors (Lipinski definition) is 4. The Morgan fingerprint density at radius 3 is 2.42 bits per heavy atom. The van der Waals surface area contributed by atoms with E-state index in [1.165, 1.54) is 0 Å². The second kappa shape index (κ2) is 10.3. The van der Waals surface area contributed by atoms with E-state index in [1.54, 1.807) is 0 Å². The Bertz CT molecular complexity index is 961. The molecule has 162 valence electrons. The third kappa shape index (κ3) is 5.52. The molecular weight excluding hydrogens is 388 g/mol. The molecule has 2 heterocycles. The SMILES string of the molecule is CCOc1ccc(CC(=O)N2CCN(CCn3ccnc3-c3ccccc3)CC2)cc1. The molecule has 0 aliphatic carbocycles. The van der Waals surface area contributed by atoms with Gasteiger partial charge < -0.3 is 14.2 Å². The molecule has 0 radical (unpaired) electrons. The molecular formula is C25H30N4O2. The molecule has 3 aromatic rings. The minimum Gasteiger partial charge on any atom is -0.494 e. The van der Waals surface area contributed by atoms with Gasteiger partial charge in [-0.05, 0) is 24.6 Å². The molecule has 0 spiro atoms. The molecule has 1 aliphatic rings. The highest BCUT2D eigenvalue weighted by molar-refractivity contribution is 5.79. The minimum atomic E-state index is 0.199. The van der Waals surface area contributed by atoms with Crippen LogP contribution in [0.1, 0.15) is 12.5 Å². The van der Waals surface area contributed by atoms with Gasteiger partial charge in [0.25, 0.3) is 0 Å². The number of amides is 1. The molecule has 6 heteroatoms. The van der Waals surface area contributed by atoms with Crippen LogP contribution in [0.5, 0.6) is 5.75 Å². The van der Waals surface area contributed by atoms with E-state index in [0.29, 0.717) is 13.0 Å². The van der Waals surface area contributed by atoms with E-state index in [2.05, 4.69) is 26.6 Å². The number of carbonyl (C=O) groups is 1. The lowest BCUT2D eigenvalue weighted by Crippen LogP contribution is -2.49. The lowest BCUT2D eigenvalue weighted by Gasteiger charge is -2.35. The maximum atomic E-state index is 12.7. The zero-order valence-corrected chi connectivity index (χ0v) is 18.1. The lowest BCUT2D eigenvalue weighted by atomic mass is 10.1. The minimum absolute atomic E-state index is 0.199. The van der Waals surface area contributed by atoms with Gasteiger partial charge in [-0.2, -0.15) is 0 Å². The van der Waals surface area contributed by atoms with Crippen molar-refractivity contribution >= 4 is 5.91 Å². The van der Waals surface area contributed by atoms with E-state index < -0.39 is 0 Å². The van der Waals surface area contributed by atoms with Gasteiger partial charge in [0.15, 0.2) is 0 Å². The van der Waals surface area contributed by atoms with Gasteiger partial charge in [-0.3, -0.25) is 9.69 Å². The first kappa shape index (κ1) is 21.1. The predicted octanol–water partition coefficient (Wildman–Crippen LogP) is 3.34. The van der Waals surface area contributed by atoms with Crippen molar-refractivity contribution < 1.29 is 9.53 Å². The topological polar surface area (TPSA) is 50.6 Å². The van der Waals surface area contributed by atoms with Crippen LogP contribution in [0.25, 0.3) is 11.4 Å². The van der Waals surface area contributed by atoms with Gasteiger partial charge in [0.1, 0.15) is 11.6 Å². The first-order valence-corrected chi connectivity index (χ1v) is 11.0. The zero-order valence-electron chi connectivity index (χ0n) is 18.1. The van der Waals surface area contributed by atoms with Gasteiger partial charge in [0.05, 0.1) is 13.0 Å². The average molecular weight is 419 g/mol. The van der Waals surface area contributed by atoms with E-state index in [-0.39, 0.29) is 5.91 Å². The standard InChI is InChI=1S/C25H30N4O2/c1-2-31-23-10-8-21(9-11-23)20-24(30)28-17-14-27(15-18-28)16-19-29-13-12-26-25(29)22-6-4-3-5-7-22/h3-13H,2,14-20H2,1H3. The highest BCUT2D eigenvalue weighted by atomic mass is 16.5. The van der Waals surface area contributed by atoms with Gasteiger partial charge in [-0.25, -0.2) is 4.98 Å². The van der Waals surface area contributed by atoms with Crippen molar-refractivity contribution in [3.8, 4) is 17.1 Å². The van der Waals surface area contributed by atoms with E-state index in [9.17, 15) is 4.79 Å². The summed E-state index contributed by atoms with van der Waals surface area (Å²) in [7, 11) is 0. The molecule has 4 rings (SSSR count). The lowest BCUT2D eigenvalue weighted by molar-refractivity contribution is -0.132. The van der Waals surface area contributed by atoms with Crippen molar-refractivity contribution in [1.29, 1.82) is 0 Å². The summed E-state index contributed by atoms with van der Waals surface area (Å²) in [6, 6.07) is 18.1. The second-order valence-corrected chi connectivity index (χ2v) is 7.79. The van der Waals surface area contributed by atoms with E-state index in [4.69, 9.17) is 4.74 Å². The van der Waals surface area contributed by atoms with Crippen LogP contribution in [0.15, 0.2) is 67.0 Å². The van der Waals surface area contributed by atoms with Crippen LogP contribution < -0.4 is 4.74 Å². The number of nitrogens with zero attached hydrogens (tertiary/aromatic N) is 4. The molecule has 1 saturated heterocycles. The first-order valence-electron chi connectivity index (χ1n) is 11.0. The molecule has 0 saturated carbocycles. The number of imidazole rings is 1. The van der Waals surface area contributed by atoms with Gasteiger partial charge in [-0.1, -0.05) is 42.5 Å². The number of aromatic nitrogens is 2. The van der Waals surface area contributed by atoms with Crippen LogP contribution in [-0.4, -0.2) is 64.6 Å². The van der Waals surface area contributed by atoms with E-state index in [1.807, 2.05) is 66.7 Å². The van der Waals surface area contributed by atoms with Crippen molar-refractivity contribution in [2.75, 3.05) is 39.3 Å². The third-order valence-electron chi connectivity index (χ3n) is 5.72. The van der Waals surface area contributed by atoms with Crippen LogP contribution in [0.3, 0.4) is 0 Å². The molecule has 31 heavy (non-hydrogen) atoms. The first-order chi connectivity index (χ1) is 15.2. The van der Waals surface area contributed by atoms with Crippen LogP contribution in [0, 0.1) is 0 Å². The Labute approximate surface area is 184 Å². The van der Waals surface area contributed by atoms with Crippen molar-refractivity contribution in [1.82, 2.24) is 19.4 Å². The fourth-order valence-corrected chi connectivity index (χ4v) is 3.96. The summed E-state index contributed by atoms with van der Waals surface area (Å²) >= 11 is 0. The fourth-order valence-electron chi connectivity index (χ4n) is 3.96. The maximum Gasteiger partial charge on any atom is 0.227 e. The molecule has 0 unspecified atom stereocenters. The molecule has 1 aliphatic heterocycles. The van der Waals surface area contributed by atoms with Gasteiger partial charge in [0, 0.05) is 57.2 Å². The number of benzene rings is 2. The molecule has 1 aromatic heterocycles. The summed E-state index contributed by atoms with van der Waals surface area (Å²) < 4.78 is 7.68. The monoisotopic (exact) mass is 418 g/mol. The highest BCUT2D eigenvalue weighted by Crippen LogP contribution is 2.17. The highest BCUT2D eigenvalue weighted by Gasteiger charge is 2.21. The third-order valence-corrected chi connectivity index (χ3v) is 5.72. The number of ether oxygens (including phenoxy) is 1. The zero-order chi connectivity index (χ0) is 21.5. The molecule has 6 nitrogen and oxygen atoms in total.